The molecule has 0 saturated carbocycles. The van der Waals surface area contributed by atoms with Crippen molar-refractivity contribution in [2.45, 2.75) is 20.3 Å². The molecule has 2 N–H and O–H groups in total. The summed E-state index contributed by atoms with van der Waals surface area (Å²) in [6.07, 6.45) is 0.608. The first-order valence-corrected chi connectivity index (χ1v) is 6.18. The van der Waals surface area contributed by atoms with E-state index in [0.29, 0.717) is 17.9 Å². The highest BCUT2D eigenvalue weighted by Gasteiger charge is 2.09. The molecule has 98 valence electrons. The van der Waals surface area contributed by atoms with Gasteiger partial charge in [-0.25, -0.2) is 0 Å². The van der Waals surface area contributed by atoms with Crippen molar-refractivity contribution in [3.63, 3.8) is 0 Å². The number of benzene rings is 2. The summed E-state index contributed by atoms with van der Waals surface area (Å²) in [7, 11) is 0. The fourth-order valence-corrected chi connectivity index (χ4v) is 2.15. The number of nitrogens with zero attached hydrogens (tertiary/aromatic N) is 1. The second-order valence-corrected chi connectivity index (χ2v) is 4.60. The third kappa shape index (κ3) is 2.76. The van der Waals surface area contributed by atoms with Crippen molar-refractivity contribution in [1.29, 1.82) is 0 Å². The molecule has 19 heavy (non-hydrogen) atoms. The molecule has 0 heterocycles. The highest BCUT2D eigenvalue weighted by molar-refractivity contribution is 5.99. The summed E-state index contributed by atoms with van der Waals surface area (Å²) in [6.45, 7) is 3.64. The lowest BCUT2D eigenvalue weighted by Crippen LogP contribution is -2.02. The Morgan fingerprint density at radius 3 is 2.47 bits per heavy atom. The van der Waals surface area contributed by atoms with E-state index < -0.39 is 0 Å². The molecule has 2 rings (SSSR count). The molecule has 2 aromatic carbocycles. The minimum Gasteiger partial charge on any atom is -0.507 e. The van der Waals surface area contributed by atoms with Crippen LogP contribution in [0.3, 0.4) is 0 Å². The van der Waals surface area contributed by atoms with E-state index in [4.69, 9.17) is 5.21 Å². The van der Waals surface area contributed by atoms with Crippen LogP contribution in [0.1, 0.15) is 29.2 Å². The maximum Gasteiger partial charge on any atom is 0.122 e. The van der Waals surface area contributed by atoms with Gasteiger partial charge >= 0.3 is 0 Å². The first-order chi connectivity index (χ1) is 9.13. The van der Waals surface area contributed by atoms with Crippen LogP contribution in [0.4, 0.5) is 0 Å². The topological polar surface area (TPSA) is 52.8 Å². The lowest BCUT2D eigenvalue weighted by Gasteiger charge is -2.11. The summed E-state index contributed by atoms with van der Waals surface area (Å²) in [4.78, 5) is 0. The van der Waals surface area contributed by atoms with Crippen LogP contribution in [-0.2, 0) is 6.42 Å². The van der Waals surface area contributed by atoms with Gasteiger partial charge in [-0.05, 0) is 30.5 Å². The van der Waals surface area contributed by atoms with Crippen molar-refractivity contribution in [2.75, 3.05) is 0 Å². The summed E-state index contributed by atoms with van der Waals surface area (Å²) >= 11 is 0. The Hall–Kier alpha value is -2.29. The highest BCUT2D eigenvalue weighted by Crippen LogP contribution is 2.25. The van der Waals surface area contributed by atoms with E-state index in [1.807, 2.05) is 49.4 Å². The van der Waals surface area contributed by atoms with E-state index in [9.17, 15) is 5.11 Å². The number of oxime groups is 1. The van der Waals surface area contributed by atoms with E-state index in [2.05, 4.69) is 5.16 Å². The maximum absolute atomic E-state index is 10.1. The zero-order chi connectivity index (χ0) is 13.8. The number of aryl methyl sites for hydroxylation is 1. The zero-order valence-electron chi connectivity index (χ0n) is 11.1. The number of phenols is 1. The summed E-state index contributed by atoms with van der Waals surface area (Å²) in [5.74, 6) is 0.330. The van der Waals surface area contributed by atoms with Crippen molar-refractivity contribution in [1.82, 2.24) is 0 Å². The van der Waals surface area contributed by atoms with Gasteiger partial charge in [0.05, 0.1) is 5.71 Å². The quantitative estimate of drug-likeness (QED) is 0.501. The van der Waals surface area contributed by atoms with Gasteiger partial charge in [-0.1, -0.05) is 47.6 Å². The van der Waals surface area contributed by atoms with Crippen molar-refractivity contribution in [2.24, 2.45) is 5.16 Å². The summed E-state index contributed by atoms with van der Waals surface area (Å²) in [5, 5.41) is 22.2. The third-order valence-electron chi connectivity index (χ3n) is 3.26. The van der Waals surface area contributed by atoms with Crippen molar-refractivity contribution in [3.8, 4) is 5.75 Å². The molecule has 0 atom stereocenters. The molecule has 3 heteroatoms. The van der Waals surface area contributed by atoms with Crippen LogP contribution in [0.15, 0.2) is 47.6 Å². The lowest BCUT2D eigenvalue weighted by atomic mass is 9.96. The number of hydrogen-bond donors (Lipinski definition) is 2. The van der Waals surface area contributed by atoms with E-state index in [-0.39, 0.29) is 0 Å². The predicted molar refractivity (Wildman–Crippen MR) is 76.1 cm³/mol. The number of para-hydroxylation sites is 1. The lowest BCUT2D eigenvalue weighted by molar-refractivity contribution is 0.319. The van der Waals surface area contributed by atoms with Gasteiger partial charge in [0, 0.05) is 12.0 Å². The number of aromatic hydroxyl groups is 1. The second-order valence-electron chi connectivity index (χ2n) is 4.60. The van der Waals surface area contributed by atoms with Crippen molar-refractivity contribution < 1.29 is 10.3 Å². The summed E-state index contributed by atoms with van der Waals surface area (Å²) < 4.78 is 0. The SMILES string of the molecule is CC(=NO)c1ccccc1Cc1cccc(C)c1O. The molecule has 0 aromatic heterocycles. The Morgan fingerprint density at radius 2 is 1.74 bits per heavy atom. The Bertz CT molecular complexity index is 618. The largest absolute Gasteiger partial charge is 0.507 e. The van der Waals surface area contributed by atoms with Gasteiger partial charge in [-0.15, -0.1) is 0 Å². The molecule has 0 bridgehead atoms. The first kappa shape index (κ1) is 13.1. The standard InChI is InChI=1S/C16H17NO2/c1-11-6-5-8-14(16(11)18)10-13-7-3-4-9-15(13)12(2)17-19/h3-9,18-19H,10H2,1-2H3. The normalized spacial score (nSPS) is 11.6. The van der Waals surface area contributed by atoms with E-state index >= 15 is 0 Å². The first-order valence-electron chi connectivity index (χ1n) is 6.18. The maximum atomic E-state index is 10.1. The number of phenolic OH excluding ortho intramolecular Hbond substituents is 1. The molecule has 0 saturated heterocycles. The van der Waals surface area contributed by atoms with Gasteiger partial charge in [0.25, 0.3) is 0 Å². The molecule has 0 spiro atoms. The van der Waals surface area contributed by atoms with E-state index in [1.54, 1.807) is 6.92 Å². The Kier molecular flexibility index (Phi) is 3.85. The molecule has 0 fully saturated rings. The van der Waals surface area contributed by atoms with Gasteiger partial charge in [0.2, 0.25) is 0 Å². The molecule has 0 radical (unpaired) electrons. The average Bonchev–Trinajstić information content (AvgIpc) is 2.43. The summed E-state index contributed by atoms with van der Waals surface area (Å²) in [6, 6.07) is 13.5. The van der Waals surface area contributed by atoms with E-state index in [1.165, 1.54) is 0 Å². The number of hydrogen-bond acceptors (Lipinski definition) is 3. The molecule has 0 amide bonds. The van der Waals surface area contributed by atoms with Gasteiger partial charge in [-0.3, -0.25) is 0 Å². The summed E-state index contributed by atoms with van der Waals surface area (Å²) in [5.41, 5.74) is 4.23. The third-order valence-corrected chi connectivity index (χ3v) is 3.26. The molecular formula is C16H17NO2. The Balaban J connectivity index is 2.42. The highest BCUT2D eigenvalue weighted by atomic mass is 16.4. The van der Waals surface area contributed by atoms with Crippen LogP contribution in [-0.4, -0.2) is 16.0 Å². The van der Waals surface area contributed by atoms with Crippen LogP contribution in [0.5, 0.6) is 5.75 Å². The van der Waals surface area contributed by atoms with Crippen LogP contribution < -0.4 is 0 Å². The monoisotopic (exact) mass is 255 g/mol. The van der Waals surface area contributed by atoms with Gasteiger partial charge in [0.15, 0.2) is 0 Å². The molecule has 0 unspecified atom stereocenters. The Morgan fingerprint density at radius 1 is 1.05 bits per heavy atom. The average molecular weight is 255 g/mol. The molecule has 2 aromatic rings. The van der Waals surface area contributed by atoms with Crippen molar-refractivity contribution >= 4 is 5.71 Å². The molecule has 3 nitrogen and oxygen atoms in total. The Labute approximate surface area is 112 Å². The van der Waals surface area contributed by atoms with Crippen LogP contribution in [0.25, 0.3) is 0 Å². The molecular weight excluding hydrogens is 238 g/mol. The van der Waals surface area contributed by atoms with Crippen molar-refractivity contribution in [3.05, 3.63) is 64.7 Å². The fraction of sp³-hybridized carbons (Fsp3) is 0.188. The minimum absolute atomic E-state index is 0.330. The molecule has 0 aliphatic rings. The van der Waals surface area contributed by atoms with Crippen LogP contribution >= 0.6 is 0 Å². The van der Waals surface area contributed by atoms with Gasteiger partial charge < -0.3 is 10.3 Å². The van der Waals surface area contributed by atoms with Crippen LogP contribution in [0.2, 0.25) is 0 Å². The minimum atomic E-state index is 0.330. The fourth-order valence-electron chi connectivity index (χ4n) is 2.15. The van der Waals surface area contributed by atoms with E-state index in [0.717, 1.165) is 22.3 Å². The van der Waals surface area contributed by atoms with Gasteiger partial charge in [0.1, 0.15) is 5.75 Å². The van der Waals surface area contributed by atoms with Crippen LogP contribution in [0, 0.1) is 6.92 Å². The number of rotatable bonds is 3. The molecule has 0 aliphatic heterocycles. The predicted octanol–water partition coefficient (Wildman–Crippen LogP) is 3.49. The molecule has 0 aliphatic carbocycles. The second kappa shape index (κ2) is 5.57. The smallest absolute Gasteiger partial charge is 0.122 e. The van der Waals surface area contributed by atoms with Gasteiger partial charge in [-0.2, -0.15) is 0 Å². The zero-order valence-corrected chi connectivity index (χ0v) is 11.1.